The standard InChI is InChI=1S/C14H13NO2/c1-10-8-14(16)17-13-9-11(4-5-12(10)13)15-6-2-3-7-15/h2-5,8-9H,6-7H2,1H3. The van der Waals surface area contributed by atoms with Crippen molar-refractivity contribution in [3.63, 3.8) is 0 Å². The van der Waals surface area contributed by atoms with E-state index in [0.29, 0.717) is 5.58 Å². The fraction of sp³-hybridized carbons (Fsp3) is 0.214. The Labute approximate surface area is 99.0 Å². The summed E-state index contributed by atoms with van der Waals surface area (Å²) in [6.07, 6.45) is 4.27. The van der Waals surface area contributed by atoms with Gasteiger partial charge in [-0.3, -0.25) is 0 Å². The summed E-state index contributed by atoms with van der Waals surface area (Å²) in [4.78, 5) is 13.6. The Bertz CT molecular complexity index is 647. The molecule has 0 atom stereocenters. The highest BCUT2D eigenvalue weighted by Crippen LogP contribution is 2.24. The number of benzene rings is 1. The van der Waals surface area contributed by atoms with Gasteiger partial charge in [-0.2, -0.15) is 0 Å². The van der Waals surface area contributed by atoms with Crippen LogP contribution in [0.2, 0.25) is 0 Å². The van der Waals surface area contributed by atoms with Crippen LogP contribution >= 0.6 is 0 Å². The minimum absolute atomic E-state index is 0.285. The maximum Gasteiger partial charge on any atom is 0.336 e. The zero-order valence-electron chi connectivity index (χ0n) is 9.64. The van der Waals surface area contributed by atoms with Crippen molar-refractivity contribution in [2.45, 2.75) is 6.92 Å². The van der Waals surface area contributed by atoms with Gasteiger partial charge in [0.05, 0.1) is 0 Å². The lowest BCUT2D eigenvalue weighted by Crippen LogP contribution is -2.18. The molecule has 1 aromatic carbocycles. The van der Waals surface area contributed by atoms with Crippen molar-refractivity contribution in [2.75, 3.05) is 18.0 Å². The quantitative estimate of drug-likeness (QED) is 0.554. The Kier molecular flexibility index (Phi) is 2.25. The molecule has 3 rings (SSSR count). The molecule has 1 aliphatic heterocycles. The first-order valence-corrected chi connectivity index (χ1v) is 5.68. The van der Waals surface area contributed by atoms with Gasteiger partial charge in [-0.1, -0.05) is 12.2 Å². The maximum atomic E-state index is 11.3. The molecule has 1 aromatic heterocycles. The van der Waals surface area contributed by atoms with Crippen LogP contribution in [0.3, 0.4) is 0 Å². The molecule has 0 saturated carbocycles. The maximum absolute atomic E-state index is 11.3. The van der Waals surface area contributed by atoms with Crippen molar-refractivity contribution in [3.8, 4) is 0 Å². The summed E-state index contributed by atoms with van der Waals surface area (Å²) in [7, 11) is 0. The van der Waals surface area contributed by atoms with E-state index in [2.05, 4.69) is 23.1 Å². The number of hydrogen-bond acceptors (Lipinski definition) is 3. The first kappa shape index (κ1) is 10.1. The highest BCUT2D eigenvalue weighted by Gasteiger charge is 2.09. The first-order chi connectivity index (χ1) is 8.24. The third kappa shape index (κ3) is 1.73. The molecule has 2 heterocycles. The van der Waals surface area contributed by atoms with Crippen molar-refractivity contribution in [1.82, 2.24) is 0 Å². The van der Waals surface area contributed by atoms with Crippen LogP contribution in [0.25, 0.3) is 11.0 Å². The molecule has 0 saturated heterocycles. The van der Waals surface area contributed by atoms with E-state index in [1.807, 2.05) is 19.1 Å². The normalized spacial score (nSPS) is 14.8. The lowest BCUT2D eigenvalue weighted by molar-refractivity contribution is 0.560. The van der Waals surface area contributed by atoms with Crippen molar-refractivity contribution in [2.24, 2.45) is 0 Å². The Hall–Kier alpha value is -2.03. The molecule has 0 aliphatic carbocycles. The van der Waals surface area contributed by atoms with Crippen molar-refractivity contribution in [1.29, 1.82) is 0 Å². The van der Waals surface area contributed by atoms with Gasteiger partial charge < -0.3 is 9.32 Å². The Balaban J connectivity index is 2.15. The van der Waals surface area contributed by atoms with E-state index in [1.54, 1.807) is 0 Å². The fourth-order valence-corrected chi connectivity index (χ4v) is 2.20. The van der Waals surface area contributed by atoms with Gasteiger partial charge >= 0.3 is 5.63 Å². The number of rotatable bonds is 1. The molecular formula is C14H13NO2. The van der Waals surface area contributed by atoms with E-state index in [1.165, 1.54) is 6.07 Å². The molecule has 0 radical (unpaired) electrons. The molecule has 86 valence electrons. The SMILES string of the molecule is Cc1cc(=O)oc2cc(N3CC=CC3)ccc12. The van der Waals surface area contributed by atoms with Gasteiger partial charge in [-0.15, -0.1) is 0 Å². The van der Waals surface area contributed by atoms with Crippen LogP contribution in [0.5, 0.6) is 0 Å². The third-order valence-corrected chi connectivity index (χ3v) is 3.12. The molecule has 1 aliphatic rings. The van der Waals surface area contributed by atoms with Gasteiger partial charge in [-0.05, 0) is 24.6 Å². The number of aryl methyl sites for hydroxylation is 1. The molecule has 0 unspecified atom stereocenters. The summed E-state index contributed by atoms with van der Waals surface area (Å²) >= 11 is 0. The van der Waals surface area contributed by atoms with E-state index >= 15 is 0 Å². The predicted octanol–water partition coefficient (Wildman–Crippen LogP) is 2.48. The zero-order chi connectivity index (χ0) is 11.8. The monoisotopic (exact) mass is 227 g/mol. The topological polar surface area (TPSA) is 33.5 Å². The van der Waals surface area contributed by atoms with Crippen LogP contribution in [0.1, 0.15) is 5.56 Å². The van der Waals surface area contributed by atoms with Crippen LogP contribution < -0.4 is 10.5 Å². The van der Waals surface area contributed by atoms with Gasteiger partial charge in [0.15, 0.2) is 0 Å². The fourth-order valence-electron chi connectivity index (χ4n) is 2.20. The summed E-state index contributed by atoms with van der Waals surface area (Å²) < 4.78 is 5.24. The second-order valence-electron chi connectivity index (χ2n) is 4.31. The molecule has 0 fully saturated rings. The third-order valence-electron chi connectivity index (χ3n) is 3.12. The molecule has 0 N–H and O–H groups in total. The van der Waals surface area contributed by atoms with Crippen LogP contribution in [-0.4, -0.2) is 13.1 Å². The average Bonchev–Trinajstić information content (AvgIpc) is 2.81. The minimum atomic E-state index is -0.285. The predicted molar refractivity (Wildman–Crippen MR) is 68.6 cm³/mol. The molecule has 3 nitrogen and oxygen atoms in total. The van der Waals surface area contributed by atoms with Crippen LogP contribution in [0.4, 0.5) is 5.69 Å². The van der Waals surface area contributed by atoms with Gasteiger partial charge in [0.1, 0.15) is 5.58 Å². The highest BCUT2D eigenvalue weighted by atomic mass is 16.4. The van der Waals surface area contributed by atoms with Crippen molar-refractivity contribution >= 4 is 16.7 Å². The van der Waals surface area contributed by atoms with Gasteiger partial charge in [-0.25, -0.2) is 4.79 Å². The van der Waals surface area contributed by atoms with Crippen molar-refractivity contribution in [3.05, 3.63) is 52.4 Å². The lowest BCUT2D eigenvalue weighted by Gasteiger charge is -2.17. The number of nitrogens with zero attached hydrogens (tertiary/aromatic N) is 1. The van der Waals surface area contributed by atoms with Crippen LogP contribution in [0.15, 0.2) is 45.6 Å². The van der Waals surface area contributed by atoms with E-state index in [0.717, 1.165) is 29.7 Å². The zero-order valence-corrected chi connectivity index (χ0v) is 9.64. The lowest BCUT2D eigenvalue weighted by atomic mass is 10.1. The molecule has 0 bridgehead atoms. The van der Waals surface area contributed by atoms with Gasteiger partial charge in [0.25, 0.3) is 0 Å². The smallest absolute Gasteiger partial charge is 0.336 e. The number of fused-ring (bicyclic) bond motifs is 1. The summed E-state index contributed by atoms with van der Waals surface area (Å²) in [6.45, 7) is 3.76. The van der Waals surface area contributed by atoms with Crippen molar-refractivity contribution < 1.29 is 4.42 Å². The Morgan fingerprint density at radius 1 is 1.18 bits per heavy atom. The summed E-state index contributed by atoms with van der Waals surface area (Å²) in [5, 5.41) is 1.00. The summed E-state index contributed by atoms with van der Waals surface area (Å²) in [5.74, 6) is 0. The van der Waals surface area contributed by atoms with E-state index < -0.39 is 0 Å². The summed E-state index contributed by atoms with van der Waals surface area (Å²) in [6, 6.07) is 7.56. The molecule has 3 heteroatoms. The number of anilines is 1. The first-order valence-electron chi connectivity index (χ1n) is 5.68. The highest BCUT2D eigenvalue weighted by molar-refractivity contribution is 5.83. The molecular weight excluding hydrogens is 214 g/mol. The average molecular weight is 227 g/mol. The number of hydrogen-bond donors (Lipinski definition) is 0. The Morgan fingerprint density at radius 3 is 2.71 bits per heavy atom. The summed E-state index contributed by atoms with van der Waals surface area (Å²) in [5.41, 5.74) is 2.43. The van der Waals surface area contributed by atoms with E-state index in [4.69, 9.17) is 4.42 Å². The van der Waals surface area contributed by atoms with E-state index in [9.17, 15) is 4.79 Å². The molecule has 0 spiro atoms. The Morgan fingerprint density at radius 2 is 1.94 bits per heavy atom. The van der Waals surface area contributed by atoms with Gasteiger partial charge in [0.2, 0.25) is 0 Å². The van der Waals surface area contributed by atoms with Gasteiger partial charge in [0, 0.05) is 36.3 Å². The van der Waals surface area contributed by atoms with Crippen LogP contribution in [-0.2, 0) is 0 Å². The minimum Gasteiger partial charge on any atom is -0.423 e. The second kappa shape index (κ2) is 3.77. The second-order valence-corrected chi connectivity index (χ2v) is 4.31. The van der Waals surface area contributed by atoms with Crippen LogP contribution in [0, 0.1) is 6.92 Å². The molecule has 17 heavy (non-hydrogen) atoms. The van der Waals surface area contributed by atoms with E-state index in [-0.39, 0.29) is 5.63 Å². The molecule has 2 aromatic rings. The largest absolute Gasteiger partial charge is 0.423 e. The molecule has 0 amide bonds.